The summed E-state index contributed by atoms with van der Waals surface area (Å²) in [5.41, 5.74) is 6.09. The van der Waals surface area contributed by atoms with Crippen LogP contribution in [0.1, 0.15) is 33.4 Å². The Morgan fingerprint density at radius 1 is 0.892 bits per heavy atom. The molecule has 0 bridgehead atoms. The molecule has 0 aliphatic carbocycles. The monoisotopic (exact) mass is 562 g/mol. The van der Waals surface area contributed by atoms with Crippen LogP contribution >= 0.6 is 15.9 Å². The number of halogens is 1. The Kier molecular flexibility index (Phi) is 7.50. The van der Waals surface area contributed by atoms with E-state index in [1.807, 2.05) is 32.0 Å². The maximum Gasteiger partial charge on any atom is 0.335 e. The summed E-state index contributed by atoms with van der Waals surface area (Å²) in [5.74, 6) is -0.549. The molecule has 0 aromatic heterocycles. The zero-order chi connectivity index (χ0) is 26.9. The quantitative estimate of drug-likeness (QED) is 0.297. The van der Waals surface area contributed by atoms with Gasteiger partial charge in [0.05, 0.1) is 17.3 Å². The van der Waals surface area contributed by atoms with Crippen LogP contribution in [0.25, 0.3) is 6.08 Å². The van der Waals surface area contributed by atoms with E-state index >= 15 is 0 Å². The fourth-order valence-corrected chi connectivity index (χ4v) is 4.51. The number of carbonyl (C=O) groups is 3. The minimum Gasteiger partial charge on any atom is -0.493 e. The van der Waals surface area contributed by atoms with E-state index in [9.17, 15) is 14.4 Å². The van der Waals surface area contributed by atoms with Gasteiger partial charge in [-0.25, -0.2) is 9.69 Å². The third-order valence-corrected chi connectivity index (χ3v) is 6.96. The largest absolute Gasteiger partial charge is 0.493 e. The topological polar surface area (TPSA) is 84.9 Å². The van der Waals surface area contributed by atoms with E-state index in [1.165, 1.54) is 24.3 Å². The predicted molar refractivity (Wildman–Crippen MR) is 146 cm³/mol. The molecule has 0 radical (unpaired) electrons. The lowest BCUT2D eigenvalue weighted by Crippen LogP contribution is -2.54. The summed E-state index contributed by atoms with van der Waals surface area (Å²) in [6.07, 6.45) is 1.43. The van der Waals surface area contributed by atoms with Gasteiger partial charge in [-0.15, -0.1) is 0 Å². The number of nitrogens with one attached hydrogen (secondary N) is 1. The molecule has 8 heteroatoms. The zero-order valence-corrected chi connectivity index (χ0v) is 22.9. The highest BCUT2D eigenvalue weighted by Crippen LogP contribution is 2.38. The molecule has 37 heavy (non-hydrogen) atoms. The summed E-state index contributed by atoms with van der Waals surface area (Å²) in [6, 6.07) is 14.0. The number of amides is 4. The van der Waals surface area contributed by atoms with Gasteiger partial charge in [-0.3, -0.25) is 14.9 Å². The first-order valence-corrected chi connectivity index (χ1v) is 12.4. The fourth-order valence-electron chi connectivity index (χ4n) is 3.94. The third-order valence-electron chi connectivity index (χ3n) is 6.37. The molecule has 1 fully saturated rings. The van der Waals surface area contributed by atoms with Crippen molar-refractivity contribution in [3.05, 3.63) is 92.0 Å². The summed E-state index contributed by atoms with van der Waals surface area (Å²) in [4.78, 5) is 39.4. The maximum atomic E-state index is 13.3. The molecule has 1 heterocycles. The lowest BCUT2D eigenvalue weighted by Gasteiger charge is -2.27. The number of ether oxygens (including phenoxy) is 2. The molecule has 1 aliphatic rings. The second-order valence-corrected chi connectivity index (χ2v) is 9.82. The molecule has 3 aromatic rings. The van der Waals surface area contributed by atoms with E-state index in [-0.39, 0.29) is 5.57 Å². The van der Waals surface area contributed by atoms with Crippen molar-refractivity contribution in [2.45, 2.75) is 34.3 Å². The van der Waals surface area contributed by atoms with E-state index in [1.54, 1.807) is 24.3 Å². The van der Waals surface area contributed by atoms with Gasteiger partial charge in [0.1, 0.15) is 12.2 Å². The van der Waals surface area contributed by atoms with Crippen molar-refractivity contribution in [2.24, 2.45) is 0 Å². The summed E-state index contributed by atoms with van der Waals surface area (Å²) < 4.78 is 12.2. The average Bonchev–Trinajstić information content (AvgIpc) is 2.85. The number of carbonyl (C=O) groups excluding carboxylic acids is 3. The molecule has 0 unspecified atom stereocenters. The van der Waals surface area contributed by atoms with Gasteiger partial charge in [-0.2, -0.15) is 0 Å². The highest BCUT2D eigenvalue weighted by Gasteiger charge is 2.37. The molecule has 0 atom stereocenters. The number of imide groups is 2. The maximum absolute atomic E-state index is 13.3. The Labute approximate surface area is 224 Å². The van der Waals surface area contributed by atoms with Crippen LogP contribution in [0.5, 0.6) is 11.5 Å². The van der Waals surface area contributed by atoms with Crippen molar-refractivity contribution >= 4 is 45.5 Å². The van der Waals surface area contributed by atoms with E-state index in [0.29, 0.717) is 33.8 Å². The fraction of sp³-hybridized carbons (Fsp3) is 0.207. The van der Waals surface area contributed by atoms with Gasteiger partial charge in [0.2, 0.25) is 0 Å². The van der Waals surface area contributed by atoms with Crippen molar-refractivity contribution in [3.8, 4) is 11.5 Å². The van der Waals surface area contributed by atoms with Crippen LogP contribution in [-0.2, 0) is 16.2 Å². The van der Waals surface area contributed by atoms with Crippen LogP contribution in [-0.4, -0.2) is 25.0 Å². The molecule has 4 amide bonds. The lowest BCUT2D eigenvalue weighted by molar-refractivity contribution is -0.122. The first kappa shape index (κ1) is 26.2. The second kappa shape index (κ2) is 10.6. The Morgan fingerprint density at radius 2 is 1.57 bits per heavy atom. The molecule has 0 spiro atoms. The van der Waals surface area contributed by atoms with Gasteiger partial charge in [0, 0.05) is 0 Å². The third kappa shape index (κ3) is 5.44. The normalized spacial score (nSPS) is 14.7. The van der Waals surface area contributed by atoms with Gasteiger partial charge in [-0.1, -0.05) is 24.3 Å². The van der Waals surface area contributed by atoms with Crippen molar-refractivity contribution in [1.29, 1.82) is 0 Å². The average molecular weight is 563 g/mol. The van der Waals surface area contributed by atoms with Gasteiger partial charge in [0.25, 0.3) is 11.8 Å². The van der Waals surface area contributed by atoms with Crippen LogP contribution in [0.4, 0.5) is 10.5 Å². The molecule has 1 N–H and O–H groups in total. The number of aryl methyl sites for hydroxylation is 4. The number of hydrogen-bond acceptors (Lipinski definition) is 5. The van der Waals surface area contributed by atoms with E-state index in [0.717, 1.165) is 21.6 Å². The minimum atomic E-state index is -0.788. The number of hydrogen-bond donors (Lipinski definition) is 1. The van der Waals surface area contributed by atoms with E-state index in [4.69, 9.17) is 9.47 Å². The first-order valence-electron chi connectivity index (χ1n) is 11.6. The number of nitrogens with zero attached hydrogens (tertiary/aromatic N) is 1. The Hall–Kier alpha value is -3.91. The van der Waals surface area contributed by atoms with Crippen LogP contribution < -0.4 is 19.7 Å². The van der Waals surface area contributed by atoms with Gasteiger partial charge >= 0.3 is 6.03 Å². The number of benzene rings is 3. The highest BCUT2D eigenvalue weighted by molar-refractivity contribution is 9.10. The number of rotatable bonds is 6. The smallest absolute Gasteiger partial charge is 0.335 e. The molecule has 1 saturated heterocycles. The molecule has 190 valence electrons. The number of methoxy groups -OCH3 is 1. The van der Waals surface area contributed by atoms with Gasteiger partial charge in [-0.05, 0) is 107 Å². The molecule has 3 aromatic carbocycles. The number of anilines is 1. The zero-order valence-electron chi connectivity index (χ0n) is 21.3. The van der Waals surface area contributed by atoms with Crippen LogP contribution in [0, 0.1) is 27.7 Å². The van der Waals surface area contributed by atoms with Crippen LogP contribution in [0.2, 0.25) is 0 Å². The predicted octanol–water partition coefficient (Wildman–Crippen LogP) is 5.94. The minimum absolute atomic E-state index is 0.171. The van der Waals surface area contributed by atoms with Crippen LogP contribution in [0.3, 0.4) is 0 Å². The highest BCUT2D eigenvalue weighted by atomic mass is 79.9. The summed E-state index contributed by atoms with van der Waals surface area (Å²) in [5, 5.41) is 2.26. The summed E-state index contributed by atoms with van der Waals surface area (Å²) in [6.45, 7) is 8.27. The van der Waals surface area contributed by atoms with Crippen molar-refractivity contribution in [2.75, 3.05) is 12.0 Å². The number of barbiturate groups is 1. The van der Waals surface area contributed by atoms with E-state index < -0.39 is 17.8 Å². The molecular formula is C29H27BrN2O5. The molecule has 0 saturated carbocycles. The van der Waals surface area contributed by atoms with Gasteiger partial charge < -0.3 is 9.47 Å². The summed E-state index contributed by atoms with van der Waals surface area (Å²) in [7, 11) is 1.51. The standard InChI is InChI=1S/C29H27BrN2O5/c1-16-6-8-20(10-18(16)3)15-37-26-24(30)13-21(14-25(26)36-5)12-23-27(33)31-29(35)32(28(23)34)22-9-7-17(2)19(4)11-22/h6-14H,15H2,1-5H3,(H,31,33,35)/b23-12+. The number of urea groups is 1. The SMILES string of the molecule is COc1cc(/C=C2\C(=O)NC(=O)N(c3ccc(C)c(C)c3)C2=O)cc(Br)c1OCc1ccc(C)c(C)c1. The molecule has 4 rings (SSSR count). The Morgan fingerprint density at radius 3 is 2.22 bits per heavy atom. The molecular weight excluding hydrogens is 536 g/mol. The van der Waals surface area contributed by atoms with Crippen molar-refractivity contribution < 1.29 is 23.9 Å². The lowest BCUT2D eigenvalue weighted by atomic mass is 10.0. The van der Waals surface area contributed by atoms with Crippen molar-refractivity contribution in [3.63, 3.8) is 0 Å². The Balaban J connectivity index is 1.64. The van der Waals surface area contributed by atoms with E-state index in [2.05, 4.69) is 41.2 Å². The molecule has 7 nitrogen and oxygen atoms in total. The Bertz CT molecular complexity index is 1460. The molecule has 1 aliphatic heterocycles. The first-order chi connectivity index (χ1) is 17.6. The van der Waals surface area contributed by atoms with Crippen molar-refractivity contribution in [1.82, 2.24) is 5.32 Å². The van der Waals surface area contributed by atoms with Gasteiger partial charge in [0.15, 0.2) is 11.5 Å². The second-order valence-electron chi connectivity index (χ2n) is 8.97. The summed E-state index contributed by atoms with van der Waals surface area (Å²) >= 11 is 3.52. The van der Waals surface area contributed by atoms with Crippen LogP contribution in [0.15, 0.2) is 58.6 Å².